The largest absolute Gasteiger partial charge is 0.195 e. The Hall–Kier alpha value is -1.41. The van der Waals surface area contributed by atoms with E-state index in [9.17, 15) is 4.39 Å². The van der Waals surface area contributed by atoms with E-state index in [1.807, 2.05) is 11.4 Å². The molecule has 0 saturated heterocycles. The van der Waals surface area contributed by atoms with Crippen LogP contribution in [0.4, 0.5) is 4.39 Å². The first kappa shape index (κ1) is 23.6. The summed E-state index contributed by atoms with van der Waals surface area (Å²) in [5.41, 5.74) is 6.65. The van der Waals surface area contributed by atoms with E-state index in [4.69, 9.17) is 0 Å². The molecule has 0 fully saturated rings. The lowest BCUT2D eigenvalue weighted by Crippen LogP contribution is -1.85. The zero-order valence-electron chi connectivity index (χ0n) is 17.9. The summed E-state index contributed by atoms with van der Waals surface area (Å²) in [4.78, 5) is 0. The van der Waals surface area contributed by atoms with E-state index in [1.54, 1.807) is 0 Å². The van der Waals surface area contributed by atoms with Crippen molar-refractivity contribution in [3.63, 3.8) is 0 Å². The Morgan fingerprint density at radius 1 is 0.778 bits per heavy atom. The topological polar surface area (TPSA) is 0 Å². The lowest BCUT2D eigenvalue weighted by molar-refractivity contribution is 0.639. The highest BCUT2D eigenvalue weighted by atomic mass is 32.1. The fourth-order valence-electron chi connectivity index (χ4n) is 2.96. The normalized spacial score (nSPS) is 13.2. The summed E-state index contributed by atoms with van der Waals surface area (Å²) < 4.78 is 13.4. The Labute approximate surface area is 170 Å². The molecule has 1 aromatic heterocycles. The monoisotopic (exact) mass is 388 g/mol. The van der Waals surface area contributed by atoms with E-state index in [-0.39, 0.29) is 5.13 Å². The van der Waals surface area contributed by atoms with Crippen LogP contribution < -0.4 is 0 Å². The molecule has 0 saturated carbocycles. The van der Waals surface area contributed by atoms with Crippen LogP contribution in [-0.2, 0) is 6.42 Å². The molecule has 0 N–H and O–H groups in total. The Morgan fingerprint density at radius 2 is 1.26 bits per heavy atom. The van der Waals surface area contributed by atoms with E-state index in [0.717, 1.165) is 50.5 Å². The molecule has 0 atom stereocenters. The number of halogens is 1. The predicted octanol–water partition coefficient (Wildman–Crippen LogP) is 8.97. The molecule has 0 radical (unpaired) electrons. The van der Waals surface area contributed by atoms with Crippen molar-refractivity contribution >= 4 is 11.3 Å². The molecule has 1 aromatic rings. The van der Waals surface area contributed by atoms with Crippen LogP contribution in [0.15, 0.2) is 58.0 Å². The van der Waals surface area contributed by atoms with E-state index in [1.165, 1.54) is 40.1 Å². The number of rotatable bonds is 12. The summed E-state index contributed by atoms with van der Waals surface area (Å²) in [6.45, 7) is 11.0. The minimum absolute atomic E-state index is 0.0270. The Morgan fingerprint density at radius 3 is 1.70 bits per heavy atom. The molecular formula is C25H37FS. The van der Waals surface area contributed by atoms with Crippen LogP contribution in [0.2, 0.25) is 0 Å². The number of aryl methyl sites for hydroxylation is 1. The molecule has 0 spiro atoms. The smallest absolute Gasteiger partial charge is 0.179 e. The second-order valence-electron chi connectivity index (χ2n) is 7.81. The third-order valence-corrected chi connectivity index (χ3v) is 5.50. The third kappa shape index (κ3) is 11.8. The van der Waals surface area contributed by atoms with E-state index in [2.05, 4.69) is 58.9 Å². The van der Waals surface area contributed by atoms with Gasteiger partial charge in [-0.25, -0.2) is 0 Å². The van der Waals surface area contributed by atoms with Gasteiger partial charge >= 0.3 is 0 Å². The maximum Gasteiger partial charge on any atom is 0.179 e. The molecule has 0 bridgehead atoms. The van der Waals surface area contributed by atoms with Gasteiger partial charge in [0.25, 0.3) is 0 Å². The quantitative estimate of drug-likeness (QED) is 0.313. The van der Waals surface area contributed by atoms with E-state index >= 15 is 0 Å². The standard InChI is InChI=1S/C25H37FS/c1-20(2)10-6-11-21(3)12-7-13-22(4)14-8-15-23(5)16-9-17-24-18-19-27-25(24)26/h10,12,14,16,18-19H,6-9,11,13,15,17H2,1-5H3. The summed E-state index contributed by atoms with van der Waals surface area (Å²) in [6.07, 6.45) is 17.9. The average molecular weight is 389 g/mol. The molecule has 27 heavy (non-hydrogen) atoms. The number of allylic oxidation sites excluding steroid dienone is 8. The van der Waals surface area contributed by atoms with Crippen molar-refractivity contribution in [2.45, 2.75) is 86.0 Å². The van der Waals surface area contributed by atoms with Crippen molar-refractivity contribution in [1.29, 1.82) is 0 Å². The van der Waals surface area contributed by atoms with Crippen LogP contribution in [0.1, 0.15) is 85.1 Å². The predicted molar refractivity (Wildman–Crippen MR) is 121 cm³/mol. The highest BCUT2D eigenvalue weighted by Crippen LogP contribution is 2.17. The molecule has 2 heteroatoms. The van der Waals surface area contributed by atoms with Gasteiger partial charge < -0.3 is 0 Å². The lowest BCUT2D eigenvalue weighted by atomic mass is 10.0. The molecule has 0 aromatic carbocycles. The molecule has 0 aliphatic rings. The third-order valence-electron chi connectivity index (χ3n) is 4.75. The van der Waals surface area contributed by atoms with E-state index in [0.29, 0.717) is 0 Å². The number of hydrogen-bond acceptors (Lipinski definition) is 1. The van der Waals surface area contributed by atoms with Crippen molar-refractivity contribution in [3.8, 4) is 0 Å². The van der Waals surface area contributed by atoms with Gasteiger partial charge in [-0.3, -0.25) is 0 Å². The molecule has 1 rings (SSSR count). The van der Waals surface area contributed by atoms with Gasteiger partial charge in [0, 0.05) is 0 Å². The highest BCUT2D eigenvalue weighted by Gasteiger charge is 2.01. The summed E-state index contributed by atoms with van der Waals surface area (Å²) in [7, 11) is 0. The van der Waals surface area contributed by atoms with E-state index < -0.39 is 0 Å². The summed E-state index contributed by atoms with van der Waals surface area (Å²) >= 11 is 1.19. The first-order valence-electron chi connectivity index (χ1n) is 10.2. The summed E-state index contributed by atoms with van der Waals surface area (Å²) in [6, 6.07) is 1.90. The van der Waals surface area contributed by atoms with Crippen molar-refractivity contribution in [1.82, 2.24) is 0 Å². The van der Waals surface area contributed by atoms with Gasteiger partial charge in [-0.1, -0.05) is 46.6 Å². The van der Waals surface area contributed by atoms with Crippen LogP contribution in [0.25, 0.3) is 0 Å². The molecule has 1 heterocycles. The maximum atomic E-state index is 13.4. The highest BCUT2D eigenvalue weighted by molar-refractivity contribution is 7.08. The number of hydrogen-bond donors (Lipinski definition) is 0. The average Bonchev–Trinajstić information content (AvgIpc) is 2.99. The van der Waals surface area contributed by atoms with Gasteiger partial charge in [0.15, 0.2) is 5.13 Å². The van der Waals surface area contributed by atoms with Gasteiger partial charge in [0.1, 0.15) is 0 Å². The van der Waals surface area contributed by atoms with Crippen LogP contribution in [0.3, 0.4) is 0 Å². The first-order valence-corrected chi connectivity index (χ1v) is 11.1. The van der Waals surface area contributed by atoms with Crippen molar-refractivity contribution in [3.05, 3.63) is 68.7 Å². The molecular weight excluding hydrogens is 351 g/mol. The summed E-state index contributed by atoms with van der Waals surface area (Å²) in [5, 5.41) is 1.80. The van der Waals surface area contributed by atoms with Crippen molar-refractivity contribution in [2.24, 2.45) is 0 Å². The van der Waals surface area contributed by atoms with Crippen LogP contribution >= 0.6 is 11.3 Å². The SMILES string of the molecule is CC(C)=CCCC(C)=CCCC(C)=CCCC(C)=CCCc1ccsc1F. The Bertz CT molecular complexity index is 666. The Kier molecular flexibility index (Phi) is 12.0. The van der Waals surface area contributed by atoms with Crippen molar-refractivity contribution in [2.75, 3.05) is 0 Å². The van der Waals surface area contributed by atoms with Crippen LogP contribution in [0, 0.1) is 5.13 Å². The molecule has 0 amide bonds. The minimum Gasteiger partial charge on any atom is -0.195 e. The second kappa shape index (κ2) is 13.7. The van der Waals surface area contributed by atoms with Gasteiger partial charge in [0.2, 0.25) is 0 Å². The minimum atomic E-state index is -0.0270. The first-order chi connectivity index (χ1) is 12.9. The zero-order valence-corrected chi connectivity index (χ0v) is 18.7. The molecule has 0 aliphatic heterocycles. The second-order valence-corrected chi connectivity index (χ2v) is 8.67. The van der Waals surface area contributed by atoms with Crippen LogP contribution in [-0.4, -0.2) is 0 Å². The summed E-state index contributed by atoms with van der Waals surface area (Å²) in [5.74, 6) is 0. The van der Waals surface area contributed by atoms with Gasteiger partial charge in [-0.2, -0.15) is 4.39 Å². The van der Waals surface area contributed by atoms with Gasteiger partial charge in [-0.15, -0.1) is 11.3 Å². The maximum absolute atomic E-state index is 13.4. The molecule has 0 nitrogen and oxygen atoms in total. The van der Waals surface area contributed by atoms with Crippen molar-refractivity contribution < 1.29 is 4.39 Å². The molecule has 150 valence electrons. The fraction of sp³-hybridized carbons (Fsp3) is 0.520. The lowest BCUT2D eigenvalue weighted by Gasteiger charge is -2.03. The van der Waals surface area contributed by atoms with Crippen LogP contribution in [0.5, 0.6) is 0 Å². The zero-order chi connectivity index (χ0) is 20.1. The Balaban J connectivity index is 2.22. The van der Waals surface area contributed by atoms with Gasteiger partial charge in [-0.05, 0) is 103 Å². The molecule has 0 aliphatic carbocycles. The molecule has 0 unspecified atom stereocenters. The van der Waals surface area contributed by atoms with Gasteiger partial charge in [0.05, 0.1) is 0 Å². The number of thiophene rings is 1. The fourth-order valence-corrected chi connectivity index (χ4v) is 3.63.